The van der Waals surface area contributed by atoms with Crippen molar-refractivity contribution in [2.75, 3.05) is 5.75 Å². The average Bonchev–Trinajstić information content (AvgIpc) is 2.21. The van der Waals surface area contributed by atoms with Crippen LogP contribution in [0.3, 0.4) is 0 Å². The normalized spacial score (nSPS) is 15.8. The zero-order valence-corrected chi connectivity index (χ0v) is 7.29. The average molecular weight is 176 g/mol. The summed E-state index contributed by atoms with van der Waals surface area (Å²) in [6.07, 6.45) is 3.68. The van der Waals surface area contributed by atoms with E-state index < -0.39 is 0 Å². The number of nitrogens with zero attached hydrogens (tertiary/aromatic N) is 2. The van der Waals surface area contributed by atoms with Crippen molar-refractivity contribution in [2.45, 2.75) is 0 Å². The van der Waals surface area contributed by atoms with Crippen LogP contribution < -0.4 is 0 Å². The molecule has 12 heavy (non-hydrogen) atoms. The second-order valence-electron chi connectivity index (χ2n) is 2.43. The standard InChI is InChI=1S/C9H8N2S/c1-2-4-11-9(3-1)8-5-10-7-12-6-8/h1-5,7H,6H2. The van der Waals surface area contributed by atoms with E-state index in [0.717, 1.165) is 11.4 Å². The first-order valence-corrected chi connectivity index (χ1v) is 4.75. The minimum Gasteiger partial charge on any atom is -0.257 e. The number of rotatable bonds is 1. The van der Waals surface area contributed by atoms with E-state index in [1.807, 2.05) is 29.9 Å². The van der Waals surface area contributed by atoms with Crippen LogP contribution in [0, 0.1) is 0 Å². The summed E-state index contributed by atoms with van der Waals surface area (Å²) < 4.78 is 0. The quantitative estimate of drug-likeness (QED) is 0.655. The summed E-state index contributed by atoms with van der Waals surface area (Å²) in [4.78, 5) is 8.32. The van der Waals surface area contributed by atoms with Gasteiger partial charge in [-0.15, -0.1) is 11.8 Å². The highest BCUT2D eigenvalue weighted by Crippen LogP contribution is 2.19. The largest absolute Gasteiger partial charge is 0.257 e. The summed E-state index contributed by atoms with van der Waals surface area (Å²) in [5, 5.41) is 0. The predicted octanol–water partition coefficient (Wildman–Crippen LogP) is 2.20. The van der Waals surface area contributed by atoms with E-state index in [-0.39, 0.29) is 0 Å². The highest BCUT2D eigenvalue weighted by Gasteiger charge is 2.03. The molecule has 1 aromatic rings. The summed E-state index contributed by atoms with van der Waals surface area (Å²) in [6.45, 7) is 0. The second kappa shape index (κ2) is 3.54. The smallest absolute Gasteiger partial charge is 0.0685 e. The van der Waals surface area contributed by atoms with Gasteiger partial charge in [-0.1, -0.05) is 6.07 Å². The SMILES string of the molecule is C1=NC=C(c2ccccn2)CS1. The van der Waals surface area contributed by atoms with Crippen LogP contribution in [0.25, 0.3) is 5.57 Å². The number of thioether (sulfide) groups is 1. The number of hydrogen-bond donors (Lipinski definition) is 0. The van der Waals surface area contributed by atoms with Crippen LogP contribution >= 0.6 is 11.8 Å². The lowest BCUT2D eigenvalue weighted by Crippen LogP contribution is -1.93. The molecule has 0 unspecified atom stereocenters. The molecule has 1 aliphatic heterocycles. The number of aliphatic imine (C=N–C) groups is 1. The molecule has 2 rings (SSSR count). The van der Waals surface area contributed by atoms with E-state index in [4.69, 9.17) is 0 Å². The van der Waals surface area contributed by atoms with Gasteiger partial charge in [-0.05, 0) is 12.1 Å². The van der Waals surface area contributed by atoms with Gasteiger partial charge in [-0.3, -0.25) is 9.98 Å². The van der Waals surface area contributed by atoms with Crippen LogP contribution in [-0.4, -0.2) is 16.3 Å². The summed E-state index contributed by atoms with van der Waals surface area (Å²) in [6, 6.07) is 5.92. The van der Waals surface area contributed by atoms with E-state index in [1.54, 1.807) is 18.0 Å². The molecule has 0 spiro atoms. The second-order valence-corrected chi connectivity index (χ2v) is 3.27. The minimum absolute atomic E-state index is 0.973. The topological polar surface area (TPSA) is 25.2 Å². The molecule has 3 heteroatoms. The Balaban J connectivity index is 2.31. The molecule has 0 aliphatic carbocycles. The van der Waals surface area contributed by atoms with Gasteiger partial charge >= 0.3 is 0 Å². The maximum absolute atomic E-state index is 4.25. The third-order valence-electron chi connectivity index (χ3n) is 1.60. The summed E-state index contributed by atoms with van der Waals surface area (Å²) in [5.74, 6) is 0.973. The first kappa shape index (κ1) is 7.55. The van der Waals surface area contributed by atoms with Crippen molar-refractivity contribution >= 4 is 22.9 Å². The van der Waals surface area contributed by atoms with E-state index >= 15 is 0 Å². The van der Waals surface area contributed by atoms with Gasteiger partial charge < -0.3 is 0 Å². The third-order valence-corrected chi connectivity index (χ3v) is 2.35. The molecule has 0 saturated heterocycles. The Morgan fingerprint density at radius 3 is 3.00 bits per heavy atom. The predicted molar refractivity (Wildman–Crippen MR) is 53.2 cm³/mol. The summed E-state index contributed by atoms with van der Waals surface area (Å²) >= 11 is 1.70. The van der Waals surface area contributed by atoms with E-state index in [2.05, 4.69) is 9.98 Å². The van der Waals surface area contributed by atoms with Crippen molar-refractivity contribution in [3.63, 3.8) is 0 Å². The highest BCUT2D eigenvalue weighted by molar-refractivity contribution is 8.12. The van der Waals surface area contributed by atoms with E-state index in [0.29, 0.717) is 0 Å². The van der Waals surface area contributed by atoms with Crippen molar-refractivity contribution in [3.8, 4) is 0 Å². The Kier molecular flexibility index (Phi) is 2.23. The first-order valence-electron chi connectivity index (χ1n) is 3.70. The number of pyridine rings is 1. The molecular weight excluding hydrogens is 168 g/mol. The van der Waals surface area contributed by atoms with Crippen LogP contribution in [-0.2, 0) is 0 Å². The molecule has 0 atom stereocenters. The van der Waals surface area contributed by atoms with Crippen LogP contribution in [0.2, 0.25) is 0 Å². The van der Waals surface area contributed by atoms with Gasteiger partial charge in [0.2, 0.25) is 0 Å². The fourth-order valence-corrected chi connectivity index (χ4v) is 1.64. The molecule has 1 aliphatic rings. The molecule has 0 saturated carbocycles. The first-order chi connectivity index (χ1) is 5.97. The van der Waals surface area contributed by atoms with Crippen LogP contribution in [0.15, 0.2) is 35.6 Å². The lowest BCUT2D eigenvalue weighted by Gasteiger charge is -2.05. The Bertz CT molecular complexity index is 317. The zero-order chi connectivity index (χ0) is 8.23. The van der Waals surface area contributed by atoms with Gasteiger partial charge in [-0.25, -0.2) is 0 Å². The van der Waals surface area contributed by atoms with Gasteiger partial charge in [0.15, 0.2) is 0 Å². The molecule has 2 nitrogen and oxygen atoms in total. The van der Waals surface area contributed by atoms with Gasteiger partial charge in [-0.2, -0.15) is 0 Å². The maximum atomic E-state index is 4.25. The maximum Gasteiger partial charge on any atom is 0.0685 e. The van der Waals surface area contributed by atoms with Gasteiger partial charge in [0.25, 0.3) is 0 Å². The van der Waals surface area contributed by atoms with Gasteiger partial charge in [0, 0.05) is 23.7 Å². The molecule has 0 aromatic carbocycles. The molecule has 1 aromatic heterocycles. The zero-order valence-electron chi connectivity index (χ0n) is 6.47. The Morgan fingerprint density at radius 1 is 1.33 bits per heavy atom. The molecule has 2 heterocycles. The summed E-state index contributed by atoms with van der Waals surface area (Å²) in [5.41, 5.74) is 4.08. The Hall–Kier alpha value is -1.09. The molecule has 0 bridgehead atoms. The third kappa shape index (κ3) is 1.56. The van der Waals surface area contributed by atoms with Crippen LogP contribution in [0.1, 0.15) is 5.69 Å². The van der Waals surface area contributed by atoms with E-state index in [9.17, 15) is 0 Å². The monoisotopic (exact) mass is 176 g/mol. The van der Waals surface area contributed by atoms with Crippen molar-refractivity contribution in [3.05, 3.63) is 36.3 Å². The molecule has 60 valence electrons. The molecular formula is C9H8N2S. The van der Waals surface area contributed by atoms with Crippen molar-refractivity contribution in [1.29, 1.82) is 0 Å². The fourth-order valence-electron chi connectivity index (χ4n) is 1.02. The Labute approximate surface area is 75.4 Å². The van der Waals surface area contributed by atoms with Crippen molar-refractivity contribution < 1.29 is 0 Å². The molecule has 0 fully saturated rings. The molecule has 0 amide bonds. The lowest BCUT2D eigenvalue weighted by atomic mass is 10.2. The Morgan fingerprint density at radius 2 is 2.33 bits per heavy atom. The van der Waals surface area contributed by atoms with E-state index in [1.165, 1.54) is 5.57 Å². The summed E-state index contributed by atoms with van der Waals surface area (Å²) in [7, 11) is 0. The van der Waals surface area contributed by atoms with Gasteiger partial charge in [0.1, 0.15) is 0 Å². The molecule has 0 N–H and O–H groups in total. The van der Waals surface area contributed by atoms with Crippen molar-refractivity contribution in [1.82, 2.24) is 4.98 Å². The van der Waals surface area contributed by atoms with Crippen LogP contribution in [0.5, 0.6) is 0 Å². The van der Waals surface area contributed by atoms with Crippen LogP contribution in [0.4, 0.5) is 0 Å². The van der Waals surface area contributed by atoms with Gasteiger partial charge in [0.05, 0.1) is 11.2 Å². The number of hydrogen-bond acceptors (Lipinski definition) is 3. The number of aromatic nitrogens is 1. The van der Waals surface area contributed by atoms with Crippen molar-refractivity contribution in [2.24, 2.45) is 4.99 Å². The lowest BCUT2D eigenvalue weighted by molar-refractivity contribution is 1.26. The fraction of sp³-hybridized carbons (Fsp3) is 0.111. The minimum atomic E-state index is 0.973. The highest BCUT2D eigenvalue weighted by atomic mass is 32.2. The molecule has 0 radical (unpaired) electrons.